The van der Waals surface area contributed by atoms with Crippen LogP contribution in [-0.2, 0) is 14.4 Å². The number of rotatable bonds is 45. The second-order valence-electron chi connectivity index (χ2n) is 16.9. The third-order valence-corrected chi connectivity index (χ3v) is 11.7. The van der Waals surface area contributed by atoms with Gasteiger partial charge in [-0.3, -0.25) is 9.59 Å². The molecular formula is C50H94O3. The molecule has 0 fully saturated rings. The van der Waals surface area contributed by atoms with Crippen molar-refractivity contribution in [2.45, 2.75) is 278 Å². The van der Waals surface area contributed by atoms with Gasteiger partial charge < -0.3 is 4.79 Å². The number of ketones is 2. The first-order valence-electron chi connectivity index (χ1n) is 24.3. The molecule has 0 aromatic rings. The van der Waals surface area contributed by atoms with Gasteiger partial charge in [-0.25, -0.2) is 0 Å². The van der Waals surface area contributed by atoms with Crippen LogP contribution in [0.15, 0.2) is 12.2 Å². The predicted octanol–water partition coefficient (Wildman–Crippen LogP) is 16.8. The molecule has 2 unspecified atom stereocenters. The summed E-state index contributed by atoms with van der Waals surface area (Å²) >= 11 is 0. The maximum Gasteiger partial charge on any atom is 0.153 e. The maximum atomic E-state index is 13.7. The van der Waals surface area contributed by atoms with Gasteiger partial charge in [0.1, 0.15) is 12.1 Å². The highest BCUT2D eigenvalue weighted by Gasteiger charge is 2.31. The Kier molecular flexibility index (Phi) is 42.5. The number of allylic oxidation sites excluding steroid dienone is 2. The Balaban J connectivity index is 4.53. The molecule has 0 aromatic carbocycles. The zero-order valence-electron chi connectivity index (χ0n) is 36.4. The molecule has 0 radical (unpaired) electrons. The number of hydrogen-bond donors (Lipinski definition) is 0. The van der Waals surface area contributed by atoms with Crippen molar-refractivity contribution in [3.63, 3.8) is 0 Å². The molecule has 0 saturated carbocycles. The first kappa shape index (κ1) is 51.8. The number of hydrogen-bond acceptors (Lipinski definition) is 3. The first-order chi connectivity index (χ1) is 26.1. The minimum atomic E-state index is -0.601. The average molecular weight is 743 g/mol. The van der Waals surface area contributed by atoms with Gasteiger partial charge in [0.05, 0.1) is 11.8 Å². The van der Waals surface area contributed by atoms with Gasteiger partial charge in [-0.05, 0) is 44.9 Å². The number of aldehydes is 1. The van der Waals surface area contributed by atoms with Crippen LogP contribution in [-0.4, -0.2) is 17.9 Å². The molecule has 0 aromatic heterocycles. The van der Waals surface area contributed by atoms with Gasteiger partial charge in [-0.15, -0.1) is 0 Å². The van der Waals surface area contributed by atoms with Gasteiger partial charge in [0.15, 0.2) is 5.78 Å². The van der Waals surface area contributed by atoms with E-state index in [2.05, 4.69) is 32.9 Å². The van der Waals surface area contributed by atoms with Crippen LogP contribution in [0.5, 0.6) is 0 Å². The highest BCUT2D eigenvalue weighted by atomic mass is 16.2. The molecular weight excluding hydrogens is 649 g/mol. The highest BCUT2D eigenvalue weighted by Crippen LogP contribution is 2.24. The summed E-state index contributed by atoms with van der Waals surface area (Å²) in [6.07, 6.45) is 54.0. The summed E-state index contributed by atoms with van der Waals surface area (Å²) in [4.78, 5) is 39.3. The molecule has 0 rings (SSSR count). The van der Waals surface area contributed by atoms with Crippen LogP contribution in [0.3, 0.4) is 0 Å². The lowest BCUT2D eigenvalue weighted by atomic mass is 9.82. The number of carbonyl (C=O) groups is 3. The Morgan fingerprint density at radius 2 is 0.679 bits per heavy atom. The van der Waals surface area contributed by atoms with E-state index >= 15 is 0 Å². The Hall–Kier alpha value is -1.25. The minimum absolute atomic E-state index is 0.0691. The largest absolute Gasteiger partial charge is 0.303 e. The fraction of sp³-hybridized carbons (Fsp3) is 0.900. The highest BCUT2D eigenvalue weighted by molar-refractivity contribution is 6.07. The third-order valence-electron chi connectivity index (χ3n) is 11.7. The van der Waals surface area contributed by atoms with Gasteiger partial charge in [-0.1, -0.05) is 238 Å². The van der Waals surface area contributed by atoms with Crippen molar-refractivity contribution >= 4 is 17.9 Å². The van der Waals surface area contributed by atoms with E-state index in [9.17, 15) is 14.4 Å². The van der Waals surface area contributed by atoms with Crippen molar-refractivity contribution in [3.8, 4) is 0 Å². The number of carbonyl (C=O) groups excluding carboxylic acids is 3. The normalized spacial score (nSPS) is 12.8. The van der Waals surface area contributed by atoms with Crippen LogP contribution in [0, 0.1) is 11.8 Å². The molecule has 0 heterocycles. The number of unbranched alkanes of at least 4 members (excludes halogenated alkanes) is 33. The van der Waals surface area contributed by atoms with Gasteiger partial charge in [0.2, 0.25) is 0 Å². The van der Waals surface area contributed by atoms with E-state index in [4.69, 9.17) is 0 Å². The zero-order valence-corrected chi connectivity index (χ0v) is 36.4. The van der Waals surface area contributed by atoms with E-state index in [1.165, 1.54) is 186 Å². The third kappa shape index (κ3) is 36.2. The summed E-state index contributed by atoms with van der Waals surface area (Å²) in [6, 6.07) is 0. The molecule has 0 aliphatic carbocycles. The van der Waals surface area contributed by atoms with Crippen LogP contribution in [0.1, 0.15) is 278 Å². The fourth-order valence-corrected chi connectivity index (χ4v) is 7.94. The topological polar surface area (TPSA) is 51.2 Å². The van der Waals surface area contributed by atoms with Crippen LogP contribution >= 0.6 is 0 Å². The van der Waals surface area contributed by atoms with E-state index in [0.29, 0.717) is 19.3 Å². The lowest BCUT2D eigenvalue weighted by molar-refractivity contribution is -0.137. The number of Topliss-reactive ketones (excluding diaryl/α,β-unsaturated/α-hetero) is 2. The molecule has 2 atom stereocenters. The molecule has 0 aliphatic rings. The first-order valence-corrected chi connectivity index (χ1v) is 24.3. The average Bonchev–Trinajstić information content (AvgIpc) is 3.16. The summed E-state index contributed by atoms with van der Waals surface area (Å²) in [7, 11) is 0. The van der Waals surface area contributed by atoms with Gasteiger partial charge >= 0.3 is 0 Å². The molecule has 0 N–H and O–H groups in total. The smallest absolute Gasteiger partial charge is 0.153 e. The molecule has 0 spiro atoms. The summed E-state index contributed by atoms with van der Waals surface area (Å²) in [6.45, 7) is 6.82. The predicted molar refractivity (Wildman–Crippen MR) is 234 cm³/mol. The zero-order chi connectivity index (χ0) is 38.7. The summed E-state index contributed by atoms with van der Waals surface area (Å²) in [5, 5.41) is 0. The van der Waals surface area contributed by atoms with Crippen LogP contribution < -0.4 is 0 Å². The van der Waals surface area contributed by atoms with E-state index in [-0.39, 0.29) is 11.6 Å². The molecule has 312 valence electrons. The van der Waals surface area contributed by atoms with Crippen molar-refractivity contribution in [2.75, 3.05) is 0 Å². The fourth-order valence-electron chi connectivity index (χ4n) is 7.94. The van der Waals surface area contributed by atoms with E-state index in [1.54, 1.807) is 0 Å². The van der Waals surface area contributed by atoms with Crippen molar-refractivity contribution in [2.24, 2.45) is 11.8 Å². The lowest BCUT2D eigenvalue weighted by Crippen LogP contribution is -2.31. The Labute approximate surface area is 332 Å². The van der Waals surface area contributed by atoms with Crippen LogP contribution in [0.25, 0.3) is 0 Å². The van der Waals surface area contributed by atoms with Crippen LogP contribution in [0.4, 0.5) is 0 Å². The standard InChI is InChI=1S/C50H94O3/c1-4-7-10-13-16-19-22-25-27-29-32-35-38-41-44-48(49(52)45-42-39-36-33-30-26-23-20-17-14-11-8-5-2)50(53)47(46-51)43-40-37-34-31-28-24-21-18-15-12-9-6-3/h25,27,46-48H,4-24,26,28-45H2,1-3H3/b27-25-. The lowest BCUT2D eigenvalue weighted by Gasteiger charge is -2.19. The second-order valence-corrected chi connectivity index (χ2v) is 16.9. The Bertz CT molecular complexity index is 800. The van der Waals surface area contributed by atoms with Crippen molar-refractivity contribution in [1.82, 2.24) is 0 Å². The van der Waals surface area contributed by atoms with E-state index in [1.807, 2.05) is 0 Å². The molecule has 0 amide bonds. The SMILES string of the molecule is CCCCCCCC/C=C\CCCCCCC(C(=O)CCCCCCCCCCCCCCC)C(=O)C(C=O)CCCCCCCCCCCCCC. The molecule has 3 nitrogen and oxygen atoms in total. The van der Waals surface area contributed by atoms with Crippen molar-refractivity contribution in [3.05, 3.63) is 12.2 Å². The summed E-state index contributed by atoms with van der Waals surface area (Å²) < 4.78 is 0. The summed E-state index contributed by atoms with van der Waals surface area (Å²) in [5.41, 5.74) is 0. The van der Waals surface area contributed by atoms with Gasteiger partial charge in [-0.2, -0.15) is 0 Å². The maximum absolute atomic E-state index is 13.7. The Morgan fingerprint density at radius 3 is 1.04 bits per heavy atom. The molecule has 0 saturated heterocycles. The molecule has 0 aliphatic heterocycles. The van der Waals surface area contributed by atoms with E-state index < -0.39 is 11.8 Å². The van der Waals surface area contributed by atoms with Crippen molar-refractivity contribution < 1.29 is 14.4 Å². The Morgan fingerprint density at radius 1 is 0.377 bits per heavy atom. The van der Waals surface area contributed by atoms with Gasteiger partial charge in [0, 0.05) is 6.42 Å². The van der Waals surface area contributed by atoms with Gasteiger partial charge in [0.25, 0.3) is 0 Å². The monoisotopic (exact) mass is 743 g/mol. The minimum Gasteiger partial charge on any atom is -0.303 e. The van der Waals surface area contributed by atoms with E-state index in [0.717, 1.165) is 57.7 Å². The molecule has 0 bridgehead atoms. The quantitative estimate of drug-likeness (QED) is 0.0270. The van der Waals surface area contributed by atoms with Crippen LogP contribution in [0.2, 0.25) is 0 Å². The molecule has 53 heavy (non-hydrogen) atoms. The molecule has 3 heteroatoms. The van der Waals surface area contributed by atoms with Crippen molar-refractivity contribution in [1.29, 1.82) is 0 Å². The summed E-state index contributed by atoms with van der Waals surface area (Å²) in [5.74, 6) is -1.13. The second kappa shape index (κ2) is 43.5.